The molecule has 5 rings (SSSR count). The van der Waals surface area contributed by atoms with Gasteiger partial charge in [-0.1, -0.05) is 12.1 Å². The number of anilines is 1. The highest BCUT2D eigenvalue weighted by Crippen LogP contribution is 2.24. The summed E-state index contributed by atoms with van der Waals surface area (Å²) in [6.45, 7) is 3.59. The zero-order chi connectivity index (χ0) is 26.1. The lowest BCUT2D eigenvalue weighted by molar-refractivity contribution is 0.0727. The number of carbonyl (C=O) groups is 1. The highest BCUT2D eigenvalue weighted by atomic mass is 19.1. The summed E-state index contributed by atoms with van der Waals surface area (Å²) >= 11 is 0. The van der Waals surface area contributed by atoms with Gasteiger partial charge in [0.05, 0.1) is 41.0 Å². The number of hydrogen-bond donors (Lipinski definition) is 1. The van der Waals surface area contributed by atoms with E-state index >= 15 is 0 Å². The molecule has 10 heteroatoms. The van der Waals surface area contributed by atoms with Crippen LogP contribution in [0.25, 0.3) is 0 Å². The summed E-state index contributed by atoms with van der Waals surface area (Å²) in [5, 5.41) is 14.2. The van der Waals surface area contributed by atoms with E-state index in [1.165, 1.54) is 29.2 Å². The van der Waals surface area contributed by atoms with Crippen LogP contribution in [0.3, 0.4) is 0 Å². The van der Waals surface area contributed by atoms with E-state index in [-0.39, 0.29) is 41.6 Å². The molecule has 1 atom stereocenters. The molecule has 1 saturated heterocycles. The van der Waals surface area contributed by atoms with E-state index in [0.29, 0.717) is 36.7 Å². The van der Waals surface area contributed by atoms with Crippen LogP contribution in [-0.4, -0.2) is 40.1 Å². The number of carbonyl (C=O) groups excluding carboxylic acids is 1. The first kappa shape index (κ1) is 24.4. The summed E-state index contributed by atoms with van der Waals surface area (Å²) in [7, 11) is 0. The predicted octanol–water partition coefficient (Wildman–Crippen LogP) is 3.50. The standard InChI is InChI=1S/C27H26F2N6O2/c1-17(19-5-7-20(28)8-6-19)31-27-32-24-10-13-33(25(36)21-9-4-18(15-30)14-23(21)29)16-22(24)26(37)35(27)34-11-2-3-12-34/h4-9,14,17H,2-3,10-13,16H2,1H3,(H,31,32)/t17-/m0/s1. The van der Waals surface area contributed by atoms with Gasteiger partial charge in [-0.2, -0.15) is 9.94 Å². The van der Waals surface area contributed by atoms with E-state index in [2.05, 4.69) is 5.32 Å². The maximum Gasteiger partial charge on any atom is 0.279 e. The van der Waals surface area contributed by atoms with Crippen molar-refractivity contribution in [2.75, 3.05) is 30.0 Å². The summed E-state index contributed by atoms with van der Waals surface area (Å²) < 4.78 is 29.4. The Bertz CT molecular complexity index is 1440. The molecule has 3 heterocycles. The topological polar surface area (TPSA) is 94.3 Å². The predicted molar refractivity (Wildman–Crippen MR) is 134 cm³/mol. The molecule has 0 unspecified atom stereocenters. The van der Waals surface area contributed by atoms with Crippen molar-refractivity contribution in [2.45, 2.75) is 38.8 Å². The fraction of sp³-hybridized carbons (Fsp3) is 0.333. The van der Waals surface area contributed by atoms with Gasteiger partial charge in [-0.05, 0) is 55.7 Å². The average Bonchev–Trinajstić information content (AvgIpc) is 3.43. The second-order valence-corrected chi connectivity index (χ2v) is 9.34. The fourth-order valence-corrected chi connectivity index (χ4v) is 4.85. The number of nitriles is 1. The summed E-state index contributed by atoms with van der Waals surface area (Å²) in [6.07, 6.45) is 2.23. The first-order chi connectivity index (χ1) is 17.9. The number of hydrogen-bond acceptors (Lipinski definition) is 6. The minimum atomic E-state index is -0.767. The van der Waals surface area contributed by atoms with E-state index in [9.17, 15) is 18.4 Å². The number of benzene rings is 2. The zero-order valence-electron chi connectivity index (χ0n) is 20.4. The van der Waals surface area contributed by atoms with Gasteiger partial charge in [0.15, 0.2) is 0 Å². The molecular weight excluding hydrogens is 478 g/mol. The molecule has 0 spiro atoms. The quantitative estimate of drug-likeness (QED) is 0.572. The summed E-state index contributed by atoms with van der Waals surface area (Å²) in [5.41, 5.74) is 1.58. The average molecular weight is 505 g/mol. The van der Waals surface area contributed by atoms with Gasteiger partial charge in [0.2, 0.25) is 5.95 Å². The summed E-state index contributed by atoms with van der Waals surface area (Å²) in [5.74, 6) is -1.22. The molecule has 0 bridgehead atoms. The van der Waals surface area contributed by atoms with Crippen molar-refractivity contribution < 1.29 is 13.6 Å². The monoisotopic (exact) mass is 504 g/mol. The molecule has 1 aromatic heterocycles. The normalized spacial score (nSPS) is 15.7. The molecule has 0 aliphatic carbocycles. The van der Waals surface area contributed by atoms with Gasteiger partial charge in [0.25, 0.3) is 11.5 Å². The van der Waals surface area contributed by atoms with Crippen molar-refractivity contribution in [3.8, 4) is 6.07 Å². The van der Waals surface area contributed by atoms with E-state index in [1.807, 2.05) is 18.0 Å². The summed E-state index contributed by atoms with van der Waals surface area (Å²) in [6, 6.07) is 11.5. The molecule has 8 nitrogen and oxygen atoms in total. The maximum atomic E-state index is 14.5. The molecular formula is C27H26F2N6O2. The molecule has 2 aromatic carbocycles. The Morgan fingerprint density at radius 2 is 1.84 bits per heavy atom. The first-order valence-electron chi connectivity index (χ1n) is 12.3. The SMILES string of the molecule is C[C@H](Nc1nc2c(c(=O)n1N1CCCC1)CN(C(=O)c1ccc(C#N)cc1F)CC2)c1ccc(F)cc1. The van der Waals surface area contributed by atoms with Crippen LogP contribution in [0.4, 0.5) is 14.7 Å². The molecule has 37 heavy (non-hydrogen) atoms. The second kappa shape index (κ2) is 10.0. The lowest BCUT2D eigenvalue weighted by atomic mass is 10.0. The minimum absolute atomic E-state index is 0.0150. The highest BCUT2D eigenvalue weighted by Gasteiger charge is 2.30. The molecule has 2 aliphatic heterocycles. The molecule has 2 aliphatic rings. The second-order valence-electron chi connectivity index (χ2n) is 9.34. The van der Waals surface area contributed by atoms with Crippen LogP contribution in [-0.2, 0) is 13.0 Å². The molecule has 190 valence electrons. The van der Waals surface area contributed by atoms with Crippen LogP contribution in [0.5, 0.6) is 0 Å². The van der Waals surface area contributed by atoms with E-state index in [0.717, 1.165) is 24.5 Å². The van der Waals surface area contributed by atoms with Gasteiger partial charge in [-0.15, -0.1) is 0 Å². The van der Waals surface area contributed by atoms with Crippen LogP contribution in [0.2, 0.25) is 0 Å². The number of amides is 1. The zero-order valence-corrected chi connectivity index (χ0v) is 20.4. The Morgan fingerprint density at radius 1 is 1.11 bits per heavy atom. The highest BCUT2D eigenvalue weighted by molar-refractivity contribution is 5.94. The van der Waals surface area contributed by atoms with Gasteiger partial charge in [-0.3, -0.25) is 9.59 Å². The van der Waals surface area contributed by atoms with Crippen molar-refractivity contribution in [1.82, 2.24) is 14.6 Å². The molecule has 0 saturated carbocycles. The number of nitrogens with one attached hydrogen (secondary N) is 1. The van der Waals surface area contributed by atoms with Crippen LogP contribution in [0.15, 0.2) is 47.3 Å². The van der Waals surface area contributed by atoms with Crippen LogP contribution in [0, 0.1) is 23.0 Å². The van der Waals surface area contributed by atoms with Crippen LogP contribution in [0.1, 0.15) is 58.5 Å². The third-order valence-corrected chi connectivity index (χ3v) is 6.90. The molecule has 0 radical (unpaired) electrons. The van der Waals surface area contributed by atoms with Crippen LogP contribution >= 0.6 is 0 Å². The fourth-order valence-electron chi connectivity index (χ4n) is 4.85. The third kappa shape index (κ3) is 4.77. The van der Waals surface area contributed by atoms with Gasteiger partial charge >= 0.3 is 0 Å². The first-order valence-corrected chi connectivity index (χ1v) is 12.3. The van der Waals surface area contributed by atoms with E-state index in [1.54, 1.807) is 16.8 Å². The van der Waals surface area contributed by atoms with Gasteiger partial charge < -0.3 is 15.2 Å². The Balaban J connectivity index is 1.47. The Kier molecular flexibility index (Phi) is 6.61. The smallest absolute Gasteiger partial charge is 0.279 e. The lowest BCUT2D eigenvalue weighted by Crippen LogP contribution is -2.47. The Hall–Kier alpha value is -4.26. The maximum absolute atomic E-state index is 14.5. The van der Waals surface area contributed by atoms with E-state index in [4.69, 9.17) is 10.2 Å². The van der Waals surface area contributed by atoms with Gasteiger partial charge in [-0.25, -0.2) is 13.8 Å². The van der Waals surface area contributed by atoms with Crippen molar-refractivity contribution in [2.24, 2.45) is 0 Å². The van der Waals surface area contributed by atoms with Crippen molar-refractivity contribution in [3.05, 3.63) is 92.4 Å². The van der Waals surface area contributed by atoms with Gasteiger partial charge in [0.1, 0.15) is 11.6 Å². The number of nitrogens with zero attached hydrogens (tertiary/aromatic N) is 5. The molecule has 3 aromatic rings. The van der Waals surface area contributed by atoms with E-state index < -0.39 is 11.7 Å². The number of aromatic nitrogens is 2. The minimum Gasteiger partial charge on any atom is -0.348 e. The number of rotatable bonds is 5. The number of fused-ring (bicyclic) bond motifs is 1. The van der Waals surface area contributed by atoms with Crippen molar-refractivity contribution in [3.63, 3.8) is 0 Å². The summed E-state index contributed by atoms with van der Waals surface area (Å²) in [4.78, 5) is 33.1. The Morgan fingerprint density at radius 3 is 2.51 bits per heavy atom. The molecule has 1 N–H and O–H groups in total. The van der Waals surface area contributed by atoms with Crippen molar-refractivity contribution in [1.29, 1.82) is 5.26 Å². The molecule has 1 fully saturated rings. The largest absolute Gasteiger partial charge is 0.348 e. The van der Waals surface area contributed by atoms with Crippen molar-refractivity contribution >= 4 is 11.9 Å². The van der Waals surface area contributed by atoms with Gasteiger partial charge in [0, 0.05) is 26.1 Å². The third-order valence-electron chi connectivity index (χ3n) is 6.90. The lowest BCUT2D eigenvalue weighted by Gasteiger charge is -2.31. The Labute approximate surface area is 212 Å². The number of halogens is 2. The molecule has 1 amide bonds. The van der Waals surface area contributed by atoms with Crippen LogP contribution < -0.4 is 15.9 Å².